The third kappa shape index (κ3) is 4.24. The van der Waals surface area contributed by atoms with Crippen LogP contribution < -0.4 is 10.1 Å². The third-order valence-corrected chi connectivity index (χ3v) is 3.25. The highest BCUT2D eigenvalue weighted by Crippen LogP contribution is 2.21. The first-order valence-electron chi connectivity index (χ1n) is 6.78. The molecule has 1 aliphatic carbocycles. The Hall–Kier alpha value is -1.55. The van der Waals surface area contributed by atoms with Crippen LogP contribution in [0.1, 0.15) is 38.2 Å². The maximum Gasteiger partial charge on any atom is 0.324 e. The van der Waals surface area contributed by atoms with Gasteiger partial charge in [0, 0.05) is 6.04 Å². The molecule has 2 rings (SSSR count). The van der Waals surface area contributed by atoms with Gasteiger partial charge in [0.1, 0.15) is 18.4 Å². The molecule has 0 bridgehead atoms. The summed E-state index contributed by atoms with van der Waals surface area (Å²) in [7, 11) is 0. The molecule has 1 saturated carbocycles. The van der Waals surface area contributed by atoms with E-state index in [2.05, 4.69) is 25.2 Å². The van der Waals surface area contributed by atoms with Gasteiger partial charge < -0.3 is 9.84 Å². The number of hydrogen-bond acceptors (Lipinski definition) is 3. The summed E-state index contributed by atoms with van der Waals surface area (Å²) in [6, 6.07) is 7.55. The lowest BCUT2D eigenvalue weighted by Gasteiger charge is -2.16. The van der Waals surface area contributed by atoms with Gasteiger partial charge >= 0.3 is 5.97 Å². The molecule has 0 amide bonds. The predicted octanol–water partition coefficient (Wildman–Crippen LogP) is 2.39. The van der Waals surface area contributed by atoms with Crippen molar-refractivity contribution in [3.8, 4) is 5.75 Å². The van der Waals surface area contributed by atoms with E-state index in [0.29, 0.717) is 12.0 Å². The van der Waals surface area contributed by atoms with Gasteiger partial charge in [0.25, 0.3) is 0 Å². The molecule has 0 spiro atoms. The number of rotatable bonds is 7. The Morgan fingerprint density at radius 2 is 2.21 bits per heavy atom. The molecular weight excluding hydrogens is 242 g/mol. The second kappa shape index (κ2) is 6.06. The van der Waals surface area contributed by atoms with Crippen molar-refractivity contribution in [2.75, 3.05) is 6.61 Å². The van der Waals surface area contributed by atoms with Gasteiger partial charge in [-0.15, -0.1) is 0 Å². The lowest BCUT2D eigenvalue weighted by atomic mass is 10.0. The van der Waals surface area contributed by atoms with Gasteiger partial charge in [-0.05, 0) is 36.5 Å². The highest BCUT2D eigenvalue weighted by atomic mass is 16.5. The highest BCUT2D eigenvalue weighted by Gasteiger charge is 2.28. The van der Waals surface area contributed by atoms with E-state index in [1.54, 1.807) is 0 Å². The zero-order valence-corrected chi connectivity index (χ0v) is 11.4. The Kier molecular flexibility index (Phi) is 4.43. The number of benzene rings is 1. The van der Waals surface area contributed by atoms with E-state index in [9.17, 15) is 4.79 Å². The molecule has 1 unspecified atom stereocenters. The van der Waals surface area contributed by atoms with Crippen LogP contribution >= 0.6 is 0 Å². The van der Waals surface area contributed by atoms with Gasteiger partial charge in [0.2, 0.25) is 0 Å². The molecule has 4 nitrogen and oxygen atoms in total. The zero-order chi connectivity index (χ0) is 13.8. The largest absolute Gasteiger partial charge is 0.491 e. The molecule has 4 heteroatoms. The smallest absolute Gasteiger partial charge is 0.324 e. The minimum atomic E-state index is -0.855. The maximum atomic E-state index is 11.1. The van der Waals surface area contributed by atoms with Crippen molar-refractivity contribution in [3.63, 3.8) is 0 Å². The second-order valence-electron chi connectivity index (χ2n) is 5.37. The number of carboxylic acid groups (broad SMARTS) is 1. The SMILES string of the molecule is CC(C)c1cccc(OCC(NC2CC2)C(=O)O)c1. The summed E-state index contributed by atoms with van der Waals surface area (Å²) in [5, 5.41) is 12.2. The number of hydrogen-bond donors (Lipinski definition) is 2. The van der Waals surface area contributed by atoms with Gasteiger partial charge in [0.05, 0.1) is 0 Å². The average Bonchev–Trinajstić information content (AvgIpc) is 3.18. The topological polar surface area (TPSA) is 58.6 Å². The third-order valence-electron chi connectivity index (χ3n) is 3.25. The minimum absolute atomic E-state index is 0.160. The summed E-state index contributed by atoms with van der Waals surface area (Å²) in [6.45, 7) is 4.40. The summed E-state index contributed by atoms with van der Waals surface area (Å²) in [4.78, 5) is 11.1. The van der Waals surface area contributed by atoms with Crippen LogP contribution in [0.2, 0.25) is 0 Å². The molecule has 19 heavy (non-hydrogen) atoms. The molecule has 1 aromatic rings. The van der Waals surface area contributed by atoms with Gasteiger partial charge in [-0.25, -0.2) is 0 Å². The van der Waals surface area contributed by atoms with Gasteiger partial charge in [-0.2, -0.15) is 0 Å². The van der Waals surface area contributed by atoms with Crippen molar-refractivity contribution in [2.45, 2.75) is 44.7 Å². The van der Waals surface area contributed by atoms with Crippen LogP contribution in [-0.4, -0.2) is 29.8 Å². The molecule has 1 aliphatic rings. The lowest BCUT2D eigenvalue weighted by Crippen LogP contribution is -2.42. The Morgan fingerprint density at radius 3 is 2.79 bits per heavy atom. The molecule has 1 aromatic carbocycles. The summed E-state index contributed by atoms with van der Waals surface area (Å²) in [5.41, 5.74) is 1.19. The van der Waals surface area contributed by atoms with Crippen LogP contribution in [0.4, 0.5) is 0 Å². The van der Waals surface area contributed by atoms with Gasteiger partial charge in [0.15, 0.2) is 0 Å². The quantitative estimate of drug-likeness (QED) is 0.793. The summed E-state index contributed by atoms with van der Waals surface area (Å²) in [5.74, 6) is 0.311. The van der Waals surface area contributed by atoms with E-state index in [4.69, 9.17) is 9.84 Å². The fourth-order valence-corrected chi connectivity index (χ4v) is 1.87. The number of ether oxygens (including phenoxy) is 1. The first kappa shape index (κ1) is 13.9. The van der Waals surface area contributed by atoms with E-state index in [1.807, 2.05) is 18.2 Å². The first-order valence-corrected chi connectivity index (χ1v) is 6.78. The fourth-order valence-electron chi connectivity index (χ4n) is 1.87. The van der Waals surface area contributed by atoms with Crippen molar-refractivity contribution < 1.29 is 14.6 Å². The van der Waals surface area contributed by atoms with Crippen LogP contribution in [-0.2, 0) is 4.79 Å². The molecule has 104 valence electrons. The van der Waals surface area contributed by atoms with Crippen LogP contribution in [0.15, 0.2) is 24.3 Å². The average molecular weight is 263 g/mol. The molecule has 0 heterocycles. The molecular formula is C15H21NO3. The van der Waals surface area contributed by atoms with Gasteiger partial charge in [-0.3, -0.25) is 10.1 Å². The number of carbonyl (C=O) groups is 1. The van der Waals surface area contributed by atoms with E-state index >= 15 is 0 Å². The number of carboxylic acids is 1. The predicted molar refractivity (Wildman–Crippen MR) is 73.6 cm³/mol. The molecule has 2 N–H and O–H groups in total. The Balaban J connectivity index is 1.92. The van der Waals surface area contributed by atoms with E-state index in [1.165, 1.54) is 5.56 Å². The van der Waals surface area contributed by atoms with Gasteiger partial charge in [-0.1, -0.05) is 26.0 Å². The van der Waals surface area contributed by atoms with Crippen molar-refractivity contribution in [2.24, 2.45) is 0 Å². The van der Waals surface area contributed by atoms with Crippen molar-refractivity contribution >= 4 is 5.97 Å². The normalized spacial score (nSPS) is 16.4. The summed E-state index contributed by atoms with van der Waals surface area (Å²) < 4.78 is 5.61. The monoisotopic (exact) mass is 263 g/mol. The molecule has 0 aliphatic heterocycles. The van der Waals surface area contributed by atoms with Crippen LogP contribution in [0.3, 0.4) is 0 Å². The molecule has 0 radical (unpaired) electrons. The highest BCUT2D eigenvalue weighted by molar-refractivity contribution is 5.73. The number of aliphatic carboxylic acids is 1. The summed E-state index contributed by atoms with van der Waals surface area (Å²) >= 11 is 0. The molecule has 0 aromatic heterocycles. The Labute approximate surface area is 113 Å². The van der Waals surface area contributed by atoms with Crippen LogP contribution in [0, 0.1) is 0 Å². The molecule has 1 fully saturated rings. The lowest BCUT2D eigenvalue weighted by molar-refractivity contribution is -0.140. The fraction of sp³-hybridized carbons (Fsp3) is 0.533. The Morgan fingerprint density at radius 1 is 1.47 bits per heavy atom. The summed E-state index contributed by atoms with van der Waals surface area (Å²) in [6.07, 6.45) is 2.12. The maximum absolute atomic E-state index is 11.1. The Bertz CT molecular complexity index is 441. The van der Waals surface area contributed by atoms with Crippen molar-refractivity contribution in [1.82, 2.24) is 5.32 Å². The van der Waals surface area contributed by atoms with Crippen LogP contribution in [0.5, 0.6) is 5.75 Å². The molecule has 0 saturated heterocycles. The second-order valence-corrected chi connectivity index (χ2v) is 5.37. The van der Waals surface area contributed by atoms with Crippen LogP contribution in [0.25, 0.3) is 0 Å². The number of nitrogens with one attached hydrogen (secondary N) is 1. The minimum Gasteiger partial charge on any atom is -0.491 e. The van der Waals surface area contributed by atoms with Crippen molar-refractivity contribution in [3.05, 3.63) is 29.8 Å². The molecule has 1 atom stereocenters. The van der Waals surface area contributed by atoms with Crippen molar-refractivity contribution in [1.29, 1.82) is 0 Å². The first-order chi connectivity index (χ1) is 9.06. The standard InChI is InChI=1S/C15H21NO3/c1-10(2)11-4-3-5-13(8-11)19-9-14(15(17)18)16-12-6-7-12/h3-5,8,10,12,14,16H,6-7,9H2,1-2H3,(H,17,18). The van der Waals surface area contributed by atoms with E-state index in [-0.39, 0.29) is 6.61 Å². The van der Waals surface area contributed by atoms with E-state index in [0.717, 1.165) is 18.6 Å². The zero-order valence-electron chi connectivity index (χ0n) is 11.4. The van der Waals surface area contributed by atoms with E-state index < -0.39 is 12.0 Å².